The number of piperidine rings is 1. The van der Waals surface area contributed by atoms with E-state index in [0.717, 1.165) is 12.0 Å². The van der Waals surface area contributed by atoms with Crippen LogP contribution in [-0.2, 0) is 27.2 Å². The van der Waals surface area contributed by atoms with Gasteiger partial charge < -0.3 is 14.9 Å². The van der Waals surface area contributed by atoms with E-state index in [1.165, 1.54) is 10.5 Å². The lowest BCUT2D eigenvalue weighted by molar-refractivity contribution is -0.147. The summed E-state index contributed by atoms with van der Waals surface area (Å²) >= 11 is 0. The molecule has 1 fully saturated rings. The number of aliphatic carboxylic acids is 1. The molecule has 6 nitrogen and oxygen atoms in total. The quantitative estimate of drug-likeness (QED) is 0.806. The lowest BCUT2D eigenvalue weighted by Gasteiger charge is -2.32. The van der Waals surface area contributed by atoms with Gasteiger partial charge >= 0.3 is 5.97 Å². The number of likely N-dealkylation sites (N-methyl/N-ethyl adjacent to an activating group) is 1. The van der Waals surface area contributed by atoms with Crippen molar-refractivity contribution in [1.29, 1.82) is 0 Å². The maximum atomic E-state index is 12.4. The summed E-state index contributed by atoms with van der Waals surface area (Å²) in [6, 6.07) is 8.22. The fourth-order valence-corrected chi connectivity index (χ4v) is 3.18. The molecule has 1 aliphatic rings. The minimum Gasteiger partial charge on any atom is -0.481 e. The molecular formula is C20H28N2O4. The molecular weight excluding hydrogens is 332 g/mol. The van der Waals surface area contributed by atoms with Crippen LogP contribution < -0.4 is 0 Å². The smallest absolute Gasteiger partial charge is 0.308 e. The molecule has 0 unspecified atom stereocenters. The summed E-state index contributed by atoms with van der Waals surface area (Å²) < 4.78 is 0. The van der Waals surface area contributed by atoms with Gasteiger partial charge in [-0.25, -0.2) is 0 Å². The molecule has 0 aliphatic carbocycles. The van der Waals surface area contributed by atoms with E-state index in [1.54, 1.807) is 11.9 Å². The molecule has 1 saturated heterocycles. The molecule has 0 bridgehead atoms. The minimum atomic E-state index is -0.860. The normalized spacial score (nSPS) is 17.0. The lowest BCUT2D eigenvalue weighted by atomic mass is 9.98. The zero-order valence-corrected chi connectivity index (χ0v) is 15.6. The molecule has 2 amide bonds. The molecule has 1 heterocycles. The number of nitrogens with zero attached hydrogens (tertiary/aromatic N) is 2. The van der Waals surface area contributed by atoms with Gasteiger partial charge in [0.25, 0.3) is 0 Å². The number of rotatable bonds is 7. The molecule has 1 aromatic rings. The lowest BCUT2D eigenvalue weighted by Crippen LogP contribution is -2.46. The highest BCUT2D eigenvalue weighted by atomic mass is 16.4. The average Bonchev–Trinajstić information content (AvgIpc) is 2.66. The summed E-state index contributed by atoms with van der Waals surface area (Å²) in [5.74, 6) is -1.62. The molecule has 0 saturated carbocycles. The first kappa shape index (κ1) is 19.9. The standard InChI is InChI=1S/C20H28N2O4/c1-3-15-6-8-16(9-7-15)10-11-18(23)21(2)14-19(24)22-12-4-5-17(13-22)20(25)26/h6-9,17H,3-5,10-14H2,1-2H3,(H,25,26)/t17-/m1/s1. The average molecular weight is 360 g/mol. The van der Waals surface area contributed by atoms with Crippen LogP contribution in [0, 0.1) is 5.92 Å². The molecule has 142 valence electrons. The SMILES string of the molecule is CCc1ccc(CCC(=O)N(C)CC(=O)N2CCC[C@@H](C(=O)O)C2)cc1. The van der Waals surface area contributed by atoms with Crippen LogP contribution in [0.25, 0.3) is 0 Å². The predicted molar refractivity (Wildman–Crippen MR) is 98.7 cm³/mol. The van der Waals surface area contributed by atoms with Crippen molar-refractivity contribution < 1.29 is 19.5 Å². The summed E-state index contributed by atoms with van der Waals surface area (Å²) in [7, 11) is 1.62. The fourth-order valence-electron chi connectivity index (χ4n) is 3.18. The maximum Gasteiger partial charge on any atom is 0.308 e. The van der Waals surface area contributed by atoms with Gasteiger partial charge in [0, 0.05) is 26.6 Å². The third kappa shape index (κ3) is 5.58. The molecule has 1 N–H and O–H groups in total. The number of hydrogen-bond donors (Lipinski definition) is 1. The Labute approximate surface area is 154 Å². The summed E-state index contributed by atoms with van der Waals surface area (Å²) in [4.78, 5) is 38.8. The Morgan fingerprint density at radius 1 is 1.19 bits per heavy atom. The van der Waals surface area contributed by atoms with Crippen LogP contribution >= 0.6 is 0 Å². The Balaban J connectivity index is 1.80. The number of carboxylic acid groups (broad SMARTS) is 1. The van der Waals surface area contributed by atoms with E-state index in [1.807, 2.05) is 12.1 Å². The van der Waals surface area contributed by atoms with Crippen molar-refractivity contribution in [2.75, 3.05) is 26.7 Å². The van der Waals surface area contributed by atoms with Crippen molar-refractivity contribution >= 4 is 17.8 Å². The zero-order valence-electron chi connectivity index (χ0n) is 15.6. The fraction of sp³-hybridized carbons (Fsp3) is 0.550. The van der Waals surface area contributed by atoms with Gasteiger partial charge in [0.1, 0.15) is 0 Å². The number of likely N-dealkylation sites (tertiary alicyclic amines) is 1. The second-order valence-corrected chi connectivity index (χ2v) is 6.94. The molecule has 0 aromatic heterocycles. The van der Waals surface area contributed by atoms with Gasteiger partial charge in [-0.05, 0) is 36.8 Å². The van der Waals surface area contributed by atoms with Crippen molar-refractivity contribution in [3.05, 3.63) is 35.4 Å². The van der Waals surface area contributed by atoms with E-state index in [4.69, 9.17) is 5.11 Å². The molecule has 26 heavy (non-hydrogen) atoms. The number of amides is 2. The number of carbonyl (C=O) groups is 3. The molecule has 0 radical (unpaired) electrons. The van der Waals surface area contributed by atoms with Gasteiger partial charge in [-0.15, -0.1) is 0 Å². The minimum absolute atomic E-state index is 0.0000546. The van der Waals surface area contributed by atoms with E-state index in [-0.39, 0.29) is 24.9 Å². The first-order valence-electron chi connectivity index (χ1n) is 9.23. The van der Waals surface area contributed by atoms with E-state index in [0.29, 0.717) is 32.2 Å². The van der Waals surface area contributed by atoms with Gasteiger partial charge in [-0.3, -0.25) is 14.4 Å². The molecule has 2 rings (SSSR count). The van der Waals surface area contributed by atoms with Crippen LogP contribution in [0.15, 0.2) is 24.3 Å². The number of aryl methyl sites for hydroxylation is 2. The van der Waals surface area contributed by atoms with E-state index >= 15 is 0 Å². The van der Waals surface area contributed by atoms with Crippen LogP contribution in [-0.4, -0.2) is 59.4 Å². The predicted octanol–water partition coefficient (Wildman–Crippen LogP) is 1.96. The second-order valence-electron chi connectivity index (χ2n) is 6.94. The summed E-state index contributed by atoms with van der Waals surface area (Å²) in [6.45, 7) is 2.90. The van der Waals surface area contributed by atoms with E-state index in [9.17, 15) is 14.4 Å². The van der Waals surface area contributed by atoms with Crippen LogP contribution in [0.1, 0.15) is 37.3 Å². The molecule has 6 heteroatoms. The summed E-state index contributed by atoms with van der Waals surface area (Å²) in [5, 5.41) is 9.12. The van der Waals surface area contributed by atoms with Gasteiger partial charge in [0.2, 0.25) is 11.8 Å². The van der Waals surface area contributed by atoms with Crippen LogP contribution in [0.4, 0.5) is 0 Å². The Hall–Kier alpha value is -2.37. The maximum absolute atomic E-state index is 12.4. The first-order chi connectivity index (χ1) is 12.4. The van der Waals surface area contributed by atoms with Gasteiger partial charge in [-0.2, -0.15) is 0 Å². The number of hydrogen-bond acceptors (Lipinski definition) is 3. The first-order valence-corrected chi connectivity index (χ1v) is 9.23. The topological polar surface area (TPSA) is 77.9 Å². The van der Waals surface area contributed by atoms with Crippen LogP contribution in [0.3, 0.4) is 0 Å². The highest BCUT2D eigenvalue weighted by Crippen LogP contribution is 2.17. The molecule has 1 aliphatic heterocycles. The highest BCUT2D eigenvalue weighted by molar-refractivity contribution is 5.85. The van der Waals surface area contributed by atoms with E-state index < -0.39 is 11.9 Å². The second kappa shape index (κ2) is 9.36. The van der Waals surface area contributed by atoms with Crippen LogP contribution in [0.5, 0.6) is 0 Å². The highest BCUT2D eigenvalue weighted by Gasteiger charge is 2.28. The molecule has 1 atom stereocenters. The van der Waals surface area contributed by atoms with Crippen molar-refractivity contribution in [3.63, 3.8) is 0 Å². The zero-order chi connectivity index (χ0) is 19.1. The van der Waals surface area contributed by atoms with Gasteiger partial charge in [0.05, 0.1) is 12.5 Å². The Bertz CT molecular complexity index is 642. The van der Waals surface area contributed by atoms with Crippen LogP contribution in [0.2, 0.25) is 0 Å². The number of carboxylic acids is 1. The Morgan fingerprint density at radius 3 is 2.46 bits per heavy atom. The van der Waals surface area contributed by atoms with Crippen molar-refractivity contribution in [1.82, 2.24) is 9.80 Å². The van der Waals surface area contributed by atoms with Crippen molar-refractivity contribution in [2.24, 2.45) is 5.92 Å². The summed E-state index contributed by atoms with van der Waals surface area (Å²) in [5.41, 5.74) is 2.37. The third-order valence-electron chi connectivity index (χ3n) is 4.98. The van der Waals surface area contributed by atoms with Gasteiger partial charge in [0.15, 0.2) is 0 Å². The van der Waals surface area contributed by atoms with E-state index in [2.05, 4.69) is 19.1 Å². The van der Waals surface area contributed by atoms with Crippen molar-refractivity contribution in [3.8, 4) is 0 Å². The Kier molecular flexibility index (Phi) is 7.18. The largest absolute Gasteiger partial charge is 0.481 e. The van der Waals surface area contributed by atoms with Gasteiger partial charge in [-0.1, -0.05) is 31.2 Å². The third-order valence-corrected chi connectivity index (χ3v) is 4.98. The summed E-state index contributed by atoms with van der Waals surface area (Å²) in [6.07, 6.45) is 3.28. The number of carbonyl (C=O) groups excluding carboxylic acids is 2. The monoisotopic (exact) mass is 360 g/mol. The number of benzene rings is 1. The Morgan fingerprint density at radius 2 is 1.85 bits per heavy atom. The molecule has 1 aromatic carbocycles. The molecule has 0 spiro atoms. The van der Waals surface area contributed by atoms with Crippen molar-refractivity contribution in [2.45, 2.75) is 39.0 Å².